The van der Waals surface area contributed by atoms with Gasteiger partial charge < -0.3 is 10.5 Å². The maximum Gasteiger partial charge on any atom is 0.140 e. The van der Waals surface area contributed by atoms with E-state index in [1.165, 1.54) is 0 Å². The second-order valence-corrected chi connectivity index (χ2v) is 5.10. The molecule has 1 atom stereocenters. The van der Waals surface area contributed by atoms with Crippen LogP contribution in [0.1, 0.15) is 23.5 Å². The van der Waals surface area contributed by atoms with Crippen LogP contribution in [0.5, 0.6) is 5.75 Å². The van der Waals surface area contributed by atoms with E-state index in [1.54, 1.807) is 23.6 Å². The van der Waals surface area contributed by atoms with Gasteiger partial charge in [0.05, 0.1) is 0 Å². The number of benzene rings is 1. The highest BCUT2D eigenvalue weighted by Gasteiger charge is 2.09. The van der Waals surface area contributed by atoms with Crippen LogP contribution in [-0.4, -0.2) is 4.98 Å². The van der Waals surface area contributed by atoms with Crippen molar-refractivity contribution in [1.82, 2.24) is 4.98 Å². The molecule has 3 nitrogen and oxygen atoms in total. The molecule has 0 amide bonds. The van der Waals surface area contributed by atoms with Gasteiger partial charge in [-0.05, 0) is 25.1 Å². The fourth-order valence-corrected chi connectivity index (χ4v) is 2.18. The lowest BCUT2D eigenvalue weighted by molar-refractivity contribution is 0.301. The molecule has 2 aromatic rings. The summed E-state index contributed by atoms with van der Waals surface area (Å²) in [6.07, 6.45) is 1.76. The molecule has 0 saturated heterocycles. The second-order valence-electron chi connectivity index (χ2n) is 3.69. The quantitative estimate of drug-likeness (QED) is 0.925. The van der Waals surface area contributed by atoms with Crippen molar-refractivity contribution in [3.05, 3.63) is 45.4 Å². The van der Waals surface area contributed by atoms with Gasteiger partial charge in [-0.3, -0.25) is 0 Å². The predicted molar refractivity (Wildman–Crippen MR) is 70.5 cm³/mol. The number of aromatic nitrogens is 1. The summed E-state index contributed by atoms with van der Waals surface area (Å²) in [6.45, 7) is 2.36. The third-order valence-electron chi connectivity index (χ3n) is 2.30. The summed E-state index contributed by atoms with van der Waals surface area (Å²) in [5, 5.41) is 3.53. The molecule has 0 spiro atoms. The Morgan fingerprint density at radius 3 is 3.00 bits per heavy atom. The Morgan fingerprint density at radius 2 is 2.35 bits per heavy atom. The first-order valence-electron chi connectivity index (χ1n) is 5.23. The molecule has 2 rings (SSSR count). The minimum atomic E-state index is -0.111. The van der Waals surface area contributed by atoms with Gasteiger partial charge in [-0.1, -0.05) is 11.6 Å². The van der Waals surface area contributed by atoms with Gasteiger partial charge in [-0.15, -0.1) is 11.3 Å². The van der Waals surface area contributed by atoms with Gasteiger partial charge in [0.15, 0.2) is 0 Å². The zero-order valence-electron chi connectivity index (χ0n) is 9.39. The van der Waals surface area contributed by atoms with E-state index in [2.05, 4.69) is 4.98 Å². The highest BCUT2D eigenvalue weighted by atomic mass is 35.5. The van der Waals surface area contributed by atoms with Crippen molar-refractivity contribution in [3.8, 4) is 5.75 Å². The number of hydrogen-bond acceptors (Lipinski definition) is 4. The molecule has 90 valence electrons. The van der Waals surface area contributed by atoms with E-state index in [-0.39, 0.29) is 6.04 Å². The maximum atomic E-state index is 5.94. The molecule has 17 heavy (non-hydrogen) atoms. The number of thiazole rings is 1. The molecular formula is C12H13ClN2OS. The lowest BCUT2D eigenvalue weighted by atomic mass is 10.1. The topological polar surface area (TPSA) is 48.1 Å². The number of halogens is 1. The van der Waals surface area contributed by atoms with Crippen LogP contribution in [0.3, 0.4) is 0 Å². The second kappa shape index (κ2) is 5.49. The van der Waals surface area contributed by atoms with Crippen LogP contribution in [0.2, 0.25) is 5.02 Å². The van der Waals surface area contributed by atoms with Crippen molar-refractivity contribution in [2.24, 2.45) is 5.73 Å². The number of rotatable bonds is 4. The number of ether oxygens (including phenoxy) is 1. The van der Waals surface area contributed by atoms with Gasteiger partial charge in [0, 0.05) is 28.2 Å². The summed E-state index contributed by atoms with van der Waals surface area (Å²) in [6, 6.07) is 5.36. The fourth-order valence-electron chi connectivity index (χ4n) is 1.47. The van der Waals surface area contributed by atoms with Crippen LogP contribution in [-0.2, 0) is 6.61 Å². The SMILES string of the molecule is CC(N)c1cc(Cl)ccc1OCc1nccs1. The summed E-state index contributed by atoms with van der Waals surface area (Å²) < 4.78 is 5.71. The third-order valence-corrected chi connectivity index (χ3v) is 3.29. The minimum Gasteiger partial charge on any atom is -0.486 e. The van der Waals surface area contributed by atoms with Crippen molar-refractivity contribution in [2.75, 3.05) is 0 Å². The molecule has 0 aliphatic rings. The molecule has 0 bridgehead atoms. The van der Waals surface area contributed by atoms with E-state index in [0.29, 0.717) is 11.6 Å². The minimum absolute atomic E-state index is 0.111. The van der Waals surface area contributed by atoms with Gasteiger partial charge in [0.25, 0.3) is 0 Å². The molecule has 2 N–H and O–H groups in total. The molecule has 0 saturated carbocycles. The summed E-state index contributed by atoms with van der Waals surface area (Å²) in [5.74, 6) is 0.764. The average molecular weight is 269 g/mol. The van der Waals surface area contributed by atoms with Crippen molar-refractivity contribution in [2.45, 2.75) is 19.6 Å². The molecule has 1 unspecified atom stereocenters. The van der Waals surface area contributed by atoms with E-state index < -0.39 is 0 Å². The lowest BCUT2D eigenvalue weighted by Gasteiger charge is -2.13. The van der Waals surface area contributed by atoms with Crippen LogP contribution in [0.4, 0.5) is 0 Å². The van der Waals surface area contributed by atoms with E-state index in [0.717, 1.165) is 16.3 Å². The van der Waals surface area contributed by atoms with Crippen LogP contribution in [0.15, 0.2) is 29.8 Å². The van der Waals surface area contributed by atoms with Gasteiger partial charge in [0.1, 0.15) is 17.4 Å². The van der Waals surface area contributed by atoms with E-state index in [4.69, 9.17) is 22.1 Å². The lowest BCUT2D eigenvalue weighted by Crippen LogP contribution is -2.08. The Labute approximate surface area is 109 Å². The Bertz CT molecular complexity index is 485. The Balaban J connectivity index is 2.14. The van der Waals surface area contributed by atoms with Crippen molar-refractivity contribution < 1.29 is 4.74 Å². The van der Waals surface area contributed by atoms with Gasteiger partial charge in [-0.2, -0.15) is 0 Å². The Kier molecular flexibility index (Phi) is 3.99. The monoisotopic (exact) mass is 268 g/mol. The molecule has 5 heteroatoms. The molecular weight excluding hydrogens is 256 g/mol. The van der Waals surface area contributed by atoms with Crippen molar-refractivity contribution >= 4 is 22.9 Å². The van der Waals surface area contributed by atoms with E-state index >= 15 is 0 Å². The summed E-state index contributed by atoms with van der Waals surface area (Å²) in [5.41, 5.74) is 6.79. The highest BCUT2D eigenvalue weighted by Crippen LogP contribution is 2.28. The largest absolute Gasteiger partial charge is 0.486 e. The van der Waals surface area contributed by atoms with Crippen molar-refractivity contribution in [3.63, 3.8) is 0 Å². The first-order valence-corrected chi connectivity index (χ1v) is 6.49. The van der Waals surface area contributed by atoms with Gasteiger partial charge in [-0.25, -0.2) is 4.98 Å². The zero-order valence-corrected chi connectivity index (χ0v) is 11.0. The van der Waals surface area contributed by atoms with Gasteiger partial charge >= 0.3 is 0 Å². The molecule has 0 aliphatic heterocycles. The van der Waals surface area contributed by atoms with Gasteiger partial charge in [0.2, 0.25) is 0 Å². The summed E-state index contributed by atoms with van der Waals surface area (Å²) in [4.78, 5) is 4.16. The molecule has 1 heterocycles. The molecule has 0 radical (unpaired) electrons. The Morgan fingerprint density at radius 1 is 1.53 bits per heavy atom. The van der Waals surface area contributed by atoms with E-state index in [9.17, 15) is 0 Å². The smallest absolute Gasteiger partial charge is 0.140 e. The van der Waals surface area contributed by atoms with Crippen LogP contribution >= 0.6 is 22.9 Å². The predicted octanol–water partition coefficient (Wildman–Crippen LogP) is 3.40. The number of nitrogens with zero attached hydrogens (tertiary/aromatic N) is 1. The first-order chi connectivity index (χ1) is 8.16. The standard InChI is InChI=1S/C12H13ClN2OS/c1-8(14)10-6-9(13)2-3-11(10)16-7-12-15-4-5-17-12/h2-6,8H,7,14H2,1H3. The highest BCUT2D eigenvalue weighted by molar-refractivity contribution is 7.09. The van der Waals surface area contributed by atoms with Crippen LogP contribution in [0.25, 0.3) is 0 Å². The average Bonchev–Trinajstić information content (AvgIpc) is 2.80. The van der Waals surface area contributed by atoms with E-state index in [1.807, 2.05) is 24.4 Å². The van der Waals surface area contributed by atoms with Crippen LogP contribution in [0, 0.1) is 0 Å². The molecule has 0 aliphatic carbocycles. The first kappa shape index (κ1) is 12.4. The zero-order chi connectivity index (χ0) is 12.3. The molecule has 0 fully saturated rings. The molecule has 1 aromatic heterocycles. The Hall–Kier alpha value is -1.10. The normalized spacial score (nSPS) is 12.4. The maximum absolute atomic E-state index is 5.94. The fraction of sp³-hybridized carbons (Fsp3) is 0.250. The van der Waals surface area contributed by atoms with Crippen molar-refractivity contribution in [1.29, 1.82) is 0 Å². The molecule has 1 aromatic carbocycles. The number of hydrogen-bond donors (Lipinski definition) is 1. The third kappa shape index (κ3) is 3.19. The summed E-state index contributed by atoms with van der Waals surface area (Å²) >= 11 is 7.51. The van der Waals surface area contributed by atoms with Crippen LogP contribution < -0.4 is 10.5 Å². The summed E-state index contributed by atoms with van der Waals surface area (Å²) in [7, 11) is 0. The number of nitrogens with two attached hydrogens (primary N) is 1.